The molecule has 0 saturated carbocycles. The lowest BCUT2D eigenvalue weighted by Gasteiger charge is -2.34. The third-order valence-electron chi connectivity index (χ3n) is 3.53. The van der Waals surface area contributed by atoms with Crippen LogP contribution in [0.5, 0.6) is 0 Å². The highest BCUT2D eigenvalue weighted by Gasteiger charge is 2.28. The quantitative estimate of drug-likeness (QED) is 0.735. The molecular weight excluding hydrogens is 292 g/mol. The number of hydrogen-bond donors (Lipinski definition) is 2. The van der Waals surface area contributed by atoms with Crippen molar-refractivity contribution in [1.82, 2.24) is 9.21 Å². The zero-order valence-corrected chi connectivity index (χ0v) is 12.5. The van der Waals surface area contributed by atoms with Gasteiger partial charge in [0.25, 0.3) is 10.2 Å². The molecule has 1 fully saturated rings. The number of nitrogens with two attached hydrogens (primary N) is 2. The van der Waals surface area contributed by atoms with Crippen molar-refractivity contribution in [2.75, 3.05) is 26.2 Å². The Bertz CT molecular complexity index is 583. The molecule has 0 radical (unpaired) electrons. The molecule has 116 valence electrons. The van der Waals surface area contributed by atoms with Crippen molar-refractivity contribution in [2.45, 2.75) is 12.5 Å². The van der Waals surface area contributed by atoms with Crippen molar-refractivity contribution in [3.63, 3.8) is 0 Å². The highest BCUT2D eigenvalue weighted by molar-refractivity contribution is 7.86. The summed E-state index contributed by atoms with van der Waals surface area (Å²) in [4.78, 5) is 13.9. The summed E-state index contributed by atoms with van der Waals surface area (Å²) in [6.45, 7) is 1.06. The van der Waals surface area contributed by atoms with Crippen LogP contribution >= 0.6 is 0 Å². The lowest BCUT2D eigenvalue weighted by molar-refractivity contribution is -0.133. The molecule has 0 spiro atoms. The second-order valence-electron chi connectivity index (χ2n) is 5.07. The van der Waals surface area contributed by atoms with Crippen LogP contribution < -0.4 is 10.9 Å². The Balaban J connectivity index is 1.90. The van der Waals surface area contributed by atoms with Gasteiger partial charge in [-0.1, -0.05) is 30.3 Å². The number of nitrogens with zero attached hydrogens (tertiary/aromatic N) is 2. The number of benzene rings is 1. The number of hydrogen-bond acceptors (Lipinski definition) is 4. The van der Waals surface area contributed by atoms with Gasteiger partial charge in [0.15, 0.2) is 0 Å². The minimum atomic E-state index is -3.68. The van der Waals surface area contributed by atoms with Gasteiger partial charge in [0.05, 0.1) is 6.04 Å². The summed E-state index contributed by atoms with van der Waals surface area (Å²) in [5, 5.41) is 5.06. The Morgan fingerprint density at radius 3 is 2.24 bits per heavy atom. The molecule has 0 aromatic heterocycles. The minimum absolute atomic E-state index is 0.159. The first-order valence-corrected chi connectivity index (χ1v) is 8.24. The van der Waals surface area contributed by atoms with Crippen LogP contribution in [0.3, 0.4) is 0 Å². The van der Waals surface area contributed by atoms with Crippen LogP contribution in [-0.4, -0.2) is 55.8 Å². The normalized spacial score (nSPS) is 18.5. The molecule has 1 heterocycles. The van der Waals surface area contributed by atoms with Crippen LogP contribution in [-0.2, 0) is 21.4 Å². The average Bonchev–Trinajstić information content (AvgIpc) is 2.46. The maximum absolute atomic E-state index is 12.3. The highest BCUT2D eigenvalue weighted by atomic mass is 32.2. The van der Waals surface area contributed by atoms with Gasteiger partial charge < -0.3 is 10.6 Å². The van der Waals surface area contributed by atoms with Gasteiger partial charge in [-0.2, -0.15) is 12.7 Å². The molecule has 7 nitrogen and oxygen atoms in total. The summed E-state index contributed by atoms with van der Waals surface area (Å²) in [5.41, 5.74) is 6.95. The lowest BCUT2D eigenvalue weighted by Crippen LogP contribution is -2.55. The van der Waals surface area contributed by atoms with Gasteiger partial charge in [-0.25, -0.2) is 5.14 Å². The first-order chi connectivity index (χ1) is 9.88. The monoisotopic (exact) mass is 312 g/mol. The molecule has 0 aliphatic carbocycles. The van der Waals surface area contributed by atoms with Gasteiger partial charge in [0, 0.05) is 26.2 Å². The smallest absolute Gasteiger partial charge is 0.277 e. The predicted molar refractivity (Wildman–Crippen MR) is 79.4 cm³/mol. The van der Waals surface area contributed by atoms with Crippen LogP contribution in [0, 0.1) is 0 Å². The average molecular weight is 312 g/mol. The molecule has 1 aliphatic heterocycles. The van der Waals surface area contributed by atoms with E-state index < -0.39 is 16.3 Å². The van der Waals surface area contributed by atoms with Crippen LogP contribution in [0.25, 0.3) is 0 Å². The summed E-state index contributed by atoms with van der Waals surface area (Å²) in [7, 11) is -3.68. The molecule has 2 rings (SSSR count). The van der Waals surface area contributed by atoms with Gasteiger partial charge in [-0.15, -0.1) is 0 Å². The van der Waals surface area contributed by atoms with Gasteiger partial charge in [-0.05, 0) is 12.0 Å². The molecule has 4 N–H and O–H groups in total. The van der Waals surface area contributed by atoms with Crippen molar-refractivity contribution in [1.29, 1.82) is 0 Å². The molecule has 1 saturated heterocycles. The van der Waals surface area contributed by atoms with E-state index in [9.17, 15) is 13.2 Å². The Morgan fingerprint density at radius 1 is 1.14 bits per heavy atom. The second kappa shape index (κ2) is 6.52. The van der Waals surface area contributed by atoms with Crippen molar-refractivity contribution >= 4 is 16.1 Å². The van der Waals surface area contributed by atoms with Gasteiger partial charge in [0.2, 0.25) is 5.91 Å². The van der Waals surface area contributed by atoms with Crippen LogP contribution in [0.4, 0.5) is 0 Å². The zero-order chi connectivity index (χ0) is 15.5. The summed E-state index contributed by atoms with van der Waals surface area (Å²) >= 11 is 0. The molecule has 1 aromatic carbocycles. The maximum atomic E-state index is 12.3. The van der Waals surface area contributed by atoms with Gasteiger partial charge in [-0.3, -0.25) is 4.79 Å². The van der Waals surface area contributed by atoms with E-state index in [0.29, 0.717) is 19.5 Å². The topological polar surface area (TPSA) is 110 Å². The van der Waals surface area contributed by atoms with Crippen molar-refractivity contribution in [2.24, 2.45) is 10.9 Å². The molecule has 8 heteroatoms. The zero-order valence-electron chi connectivity index (χ0n) is 11.7. The molecule has 0 bridgehead atoms. The van der Waals surface area contributed by atoms with Crippen LogP contribution in [0.1, 0.15) is 5.56 Å². The molecule has 1 amide bonds. The number of rotatable bonds is 4. The van der Waals surface area contributed by atoms with Crippen LogP contribution in [0.15, 0.2) is 30.3 Å². The molecule has 1 atom stereocenters. The van der Waals surface area contributed by atoms with Crippen molar-refractivity contribution in [3.05, 3.63) is 35.9 Å². The second-order valence-corrected chi connectivity index (χ2v) is 6.61. The van der Waals surface area contributed by atoms with Crippen molar-refractivity contribution < 1.29 is 13.2 Å². The Morgan fingerprint density at radius 2 is 1.71 bits per heavy atom. The Kier molecular flexibility index (Phi) is 4.94. The van der Waals surface area contributed by atoms with E-state index in [1.54, 1.807) is 4.90 Å². The highest BCUT2D eigenvalue weighted by Crippen LogP contribution is 2.08. The van der Waals surface area contributed by atoms with Crippen LogP contribution in [0.2, 0.25) is 0 Å². The first-order valence-electron chi connectivity index (χ1n) is 6.74. The maximum Gasteiger partial charge on any atom is 0.277 e. The molecule has 1 aromatic rings. The standard InChI is InChI=1S/C13H20N4O3S/c14-12(10-11-4-2-1-3-5-11)13(18)16-6-8-17(9-7-16)21(15,19)20/h1-5,12H,6-10,14H2,(H2,15,19,20)/t12-/m0/s1. The van der Waals surface area contributed by atoms with E-state index in [-0.39, 0.29) is 19.0 Å². The molecular formula is C13H20N4O3S. The summed E-state index contributed by atoms with van der Waals surface area (Å²) < 4.78 is 23.6. The molecule has 0 unspecified atom stereocenters. The molecule has 1 aliphatic rings. The van der Waals surface area contributed by atoms with E-state index in [1.165, 1.54) is 4.31 Å². The van der Waals surface area contributed by atoms with Crippen molar-refractivity contribution in [3.8, 4) is 0 Å². The fraction of sp³-hybridized carbons (Fsp3) is 0.462. The van der Waals surface area contributed by atoms with E-state index in [1.807, 2.05) is 30.3 Å². The fourth-order valence-electron chi connectivity index (χ4n) is 2.35. The number of piperazine rings is 1. The fourth-order valence-corrected chi connectivity index (χ4v) is 3.03. The Labute approximate surface area is 124 Å². The third kappa shape index (κ3) is 4.24. The van der Waals surface area contributed by atoms with Gasteiger partial charge >= 0.3 is 0 Å². The number of amides is 1. The van der Waals surface area contributed by atoms with Gasteiger partial charge in [0.1, 0.15) is 0 Å². The first kappa shape index (κ1) is 15.9. The van der Waals surface area contributed by atoms with E-state index in [4.69, 9.17) is 10.9 Å². The van der Waals surface area contributed by atoms with E-state index in [2.05, 4.69) is 0 Å². The van der Waals surface area contributed by atoms with E-state index >= 15 is 0 Å². The summed E-state index contributed by atoms with van der Waals surface area (Å²) in [6, 6.07) is 8.93. The Hall–Kier alpha value is -1.48. The minimum Gasteiger partial charge on any atom is -0.339 e. The number of carbonyl (C=O) groups is 1. The lowest BCUT2D eigenvalue weighted by atomic mass is 10.1. The summed E-state index contributed by atoms with van der Waals surface area (Å²) in [6.07, 6.45) is 0.467. The molecule has 21 heavy (non-hydrogen) atoms. The summed E-state index contributed by atoms with van der Waals surface area (Å²) in [5.74, 6) is -0.159. The SMILES string of the molecule is N[C@@H](Cc1ccccc1)C(=O)N1CCN(S(N)(=O)=O)CC1. The van der Waals surface area contributed by atoms with E-state index in [0.717, 1.165) is 5.56 Å². The number of carbonyl (C=O) groups excluding carboxylic acids is 1. The third-order valence-corrected chi connectivity index (χ3v) is 4.61. The largest absolute Gasteiger partial charge is 0.339 e. The predicted octanol–water partition coefficient (Wildman–Crippen LogP) is -1.10.